The summed E-state index contributed by atoms with van der Waals surface area (Å²) in [6, 6.07) is 12.5. The Bertz CT molecular complexity index is 1320. The zero-order chi connectivity index (χ0) is 23.7. The summed E-state index contributed by atoms with van der Waals surface area (Å²) in [4.78, 5) is 18.1. The number of sulfonamides is 1. The van der Waals surface area contributed by atoms with Crippen LogP contribution in [-0.2, 0) is 21.2 Å². The van der Waals surface area contributed by atoms with Gasteiger partial charge in [0.15, 0.2) is 11.6 Å². The molecule has 0 aliphatic carbocycles. The van der Waals surface area contributed by atoms with Gasteiger partial charge in [-0.15, -0.1) is 10.2 Å². The van der Waals surface area contributed by atoms with E-state index in [0.717, 1.165) is 11.1 Å². The molecule has 5 rings (SSSR count). The second-order valence-electron chi connectivity index (χ2n) is 8.38. The third kappa shape index (κ3) is 4.57. The topological polar surface area (TPSA) is 120 Å². The quantitative estimate of drug-likeness (QED) is 0.572. The average molecular weight is 480 g/mol. The van der Waals surface area contributed by atoms with Crippen LogP contribution in [0.5, 0.6) is 0 Å². The molecule has 2 aliphatic rings. The number of nitrogens with zero attached hydrogens (tertiary/aromatic N) is 5. The van der Waals surface area contributed by atoms with Crippen molar-refractivity contribution in [3.8, 4) is 0 Å². The molecule has 2 N–H and O–H groups in total. The first-order valence-corrected chi connectivity index (χ1v) is 12.5. The zero-order valence-electron chi connectivity index (χ0n) is 18.7. The van der Waals surface area contributed by atoms with Crippen molar-refractivity contribution >= 4 is 39.1 Å². The van der Waals surface area contributed by atoms with Crippen LogP contribution >= 0.6 is 0 Å². The Balaban J connectivity index is 1.22. The van der Waals surface area contributed by atoms with Gasteiger partial charge < -0.3 is 15.5 Å². The van der Waals surface area contributed by atoms with Crippen LogP contribution in [0, 0.1) is 6.92 Å². The number of amides is 1. The van der Waals surface area contributed by atoms with Crippen LogP contribution in [0.4, 0.5) is 23.1 Å². The number of hydrogen-bond acceptors (Lipinski definition) is 8. The number of piperazine rings is 1. The first-order chi connectivity index (χ1) is 16.4. The van der Waals surface area contributed by atoms with E-state index in [-0.39, 0.29) is 10.8 Å². The number of fused-ring (bicyclic) bond motifs is 1. The predicted molar refractivity (Wildman–Crippen MR) is 129 cm³/mol. The van der Waals surface area contributed by atoms with Crippen LogP contribution < -0.4 is 15.5 Å². The summed E-state index contributed by atoms with van der Waals surface area (Å²) in [6.07, 6.45) is 2.64. The van der Waals surface area contributed by atoms with E-state index in [9.17, 15) is 13.2 Å². The molecule has 1 aromatic carbocycles. The van der Waals surface area contributed by atoms with Gasteiger partial charge in [-0.2, -0.15) is 4.31 Å². The third-order valence-electron chi connectivity index (χ3n) is 5.99. The molecule has 34 heavy (non-hydrogen) atoms. The zero-order valence-corrected chi connectivity index (χ0v) is 19.5. The highest BCUT2D eigenvalue weighted by molar-refractivity contribution is 7.89. The standard InChI is InChI=1S/C23H25N7O3S/c1-16-8-9-24-21(14-16)26-20-5-6-22(28-27-20)29-10-12-30(13-11-29)34(32,33)18-3-4-19-17(15-18)2-7-23(31)25-19/h3-6,8-9,14-15H,2,7,10-13H2,1H3,(H,25,31)(H,24,26,27). The summed E-state index contributed by atoms with van der Waals surface area (Å²) < 4.78 is 27.9. The minimum atomic E-state index is -3.62. The number of carbonyl (C=O) groups is 1. The van der Waals surface area contributed by atoms with Crippen molar-refractivity contribution in [3.05, 3.63) is 59.8 Å². The minimum Gasteiger partial charge on any atom is -0.352 e. The predicted octanol–water partition coefficient (Wildman–Crippen LogP) is 2.32. The lowest BCUT2D eigenvalue weighted by molar-refractivity contribution is -0.116. The fraction of sp³-hybridized carbons (Fsp3) is 0.304. The molecule has 0 bridgehead atoms. The molecule has 0 spiro atoms. The van der Waals surface area contributed by atoms with Crippen molar-refractivity contribution in [1.82, 2.24) is 19.5 Å². The Labute approximate surface area is 198 Å². The van der Waals surface area contributed by atoms with Crippen molar-refractivity contribution in [3.63, 3.8) is 0 Å². The van der Waals surface area contributed by atoms with E-state index >= 15 is 0 Å². The summed E-state index contributed by atoms with van der Waals surface area (Å²) in [5.41, 5.74) is 2.64. The molecule has 2 aromatic heterocycles. The van der Waals surface area contributed by atoms with Gasteiger partial charge in [-0.25, -0.2) is 13.4 Å². The van der Waals surface area contributed by atoms with E-state index < -0.39 is 10.0 Å². The first kappa shape index (κ1) is 22.2. The smallest absolute Gasteiger partial charge is 0.243 e. The molecule has 0 atom stereocenters. The molecule has 3 aromatic rings. The number of rotatable bonds is 5. The van der Waals surface area contributed by atoms with E-state index in [1.54, 1.807) is 24.4 Å². The van der Waals surface area contributed by atoms with Crippen molar-refractivity contribution in [2.24, 2.45) is 0 Å². The van der Waals surface area contributed by atoms with Gasteiger partial charge in [-0.1, -0.05) is 0 Å². The van der Waals surface area contributed by atoms with Crippen LogP contribution in [-0.4, -0.2) is 60.0 Å². The van der Waals surface area contributed by atoms with E-state index in [1.165, 1.54) is 4.31 Å². The SMILES string of the molecule is Cc1ccnc(Nc2ccc(N3CCN(S(=O)(=O)c4ccc5c(c4)CCC(=O)N5)CC3)nn2)c1. The highest BCUT2D eigenvalue weighted by Crippen LogP contribution is 2.28. The molecule has 1 amide bonds. The highest BCUT2D eigenvalue weighted by Gasteiger charge is 2.30. The highest BCUT2D eigenvalue weighted by atomic mass is 32.2. The van der Waals surface area contributed by atoms with Gasteiger partial charge in [-0.05, 0) is 66.9 Å². The maximum atomic E-state index is 13.2. The molecule has 0 saturated carbocycles. The Morgan fingerprint density at radius 2 is 1.76 bits per heavy atom. The molecule has 11 heteroatoms. The molecule has 1 saturated heterocycles. The molecule has 2 aliphatic heterocycles. The summed E-state index contributed by atoms with van der Waals surface area (Å²) in [6.45, 7) is 3.73. The number of aryl methyl sites for hydroxylation is 2. The second kappa shape index (κ2) is 8.99. The monoisotopic (exact) mass is 479 g/mol. The van der Waals surface area contributed by atoms with Gasteiger partial charge in [0.2, 0.25) is 15.9 Å². The molecule has 10 nitrogen and oxygen atoms in total. The van der Waals surface area contributed by atoms with Gasteiger partial charge >= 0.3 is 0 Å². The van der Waals surface area contributed by atoms with E-state index in [1.807, 2.05) is 36.1 Å². The summed E-state index contributed by atoms with van der Waals surface area (Å²) in [5, 5.41) is 14.5. The van der Waals surface area contributed by atoms with Crippen molar-refractivity contribution in [2.75, 3.05) is 41.7 Å². The van der Waals surface area contributed by atoms with Crippen molar-refractivity contribution in [2.45, 2.75) is 24.7 Å². The second-order valence-corrected chi connectivity index (χ2v) is 10.3. The molecule has 0 radical (unpaired) electrons. The van der Waals surface area contributed by atoms with Crippen LogP contribution in [0.25, 0.3) is 0 Å². The minimum absolute atomic E-state index is 0.0435. The van der Waals surface area contributed by atoms with Crippen LogP contribution in [0.15, 0.2) is 53.6 Å². The van der Waals surface area contributed by atoms with E-state index in [0.29, 0.717) is 62.2 Å². The Morgan fingerprint density at radius 1 is 0.941 bits per heavy atom. The van der Waals surface area contributed by atoms with Crippen LogP contribution in [0.2, 0.25) is 0 Å². The molecular weight excluding hydrogens is 454 g/mol. The van der Waals surface area contributed by atoms with Crippen LogP contribution in [0.3, 0.4) is 0 Å². The van der Waals surface area contributed by atoms with Crippen molar-refractivity contribution in [1.29, 1.82) is 0 Å². The van der Waals surface area contributed by atoms with E-state index in [2.05, 4.69) is 25.8 Å². The molecular formula is C23H25N7O3S. The summed E-state index contributed by atoms with van der Waals surface area (Å²) in [5.74, 6) is 1.94. The molecule has 0 unspecified atom stereocenters. The van der Waals surface area contributed by atoms with Gasteiger partial charge in [0.25, 0.3) is 0 Å². The summed E-state index contributed by atoms with van der Waals surface area (Å²) in [7, 11) is -3.62. The fourth-order valence-electron chi connectivity index (χ4n) is 4.12. The normalized spacial score (nSPS) is 16.6. The van der Waals surface area contributed by atoms with E-state index in [4.69, 9.17) is 0 Å². The fourth-order valence-corrected chi connectivity index (χ4v) is 5.60. The number of nitrogens with one attached hydrogen (secondary N) is 2. The van der Waals surface area contributed by atoms with Crippen molar-refractivity contribution < 1.29 is 13.2 Å². The maximum Gasteiger partial charge on any atom is 0.243 e. The van der Waals surface area contributed by atoms with Crippen LogP contribution in [0.1, 0.15) is 17.5 Å². The lowest BCUT2D eigenvalue weighted by Gasteiger charge is -2.34. The van der Waals surface area contributed by atoms with Gasteiger partial charge in [-0.3, -0.25) is 4.79 Å². The Morgan fingerprint density at radius 3 is 2.50 bits per heavy atom. The van der Waals surface area contributed by atoms with Gasteiger partial charge in [0.05, 0.1) is 4.90 Å². The number of benzene rings is 1. The first-order valence-electron chi connectivity index (χ1n) is 11.1. The largest absolute Gasteiger partial charge is 0.352 e. The molecule has 1 fully saturated rings. The summed E-state index contributed by atoms with van der Waals surface area (Å²) >= 11 is 0. The molecule has 4 heterocycles. The average Bonchev–Trinajstić information content (AvgIpc) is 2.84. The Hall–Kier alpha value is -3.57. The number of anilines is 4. The van der Waals surface area contributed by atoms with Gasteiger partial charge in [0, 0.05) is 44.5 Å². The third-order valence-corrected chi connectivity index (χ3v) is 7.89. The Kier molecular flexibility index (Phi) is 5.88. The maximum absolute atomic E-state index is 13.2. The molecule has 176 valence electrons. The number of carbonyl (C=O) groups excluding carboxylic acids is 1. The lowest BCUT2D eigenvalue weighted by atomic mass is 10.0. The number of pyridine rings is 1. The lowest BCUT2D eigenvalue weighted by Crippen LogP contribution is -2.49. The number of hydrogen-bond donors (Lipinski definition) is 2. The number of aromatic nitrogens is 3. The van der Waals surface area contributed by atoms with Gasteiger partial charge in [0.1, 0.15) is 5.82 Å².